The Hall–Kier alpha value is -3.06. The topological polar surface area (TPSA) is 69.4 Å². The number of benzene rings is 1. The molecule has 0 atom stereocenters. The van der Waals surface area contributed by atoms with Crippen molar-refractivity contribution in [2.75, 3.05) is 7.11 Å². The largest absolute Gasteiger partial charge is 0.497 e. The second kappa shape index (κ2) is 6.34. The van der Waals surface area contributed by atoms with Crippen molar-refractivity contribution in [3.05, 3.63) is 63.8 Å². The van der Waals surface area contributed by atoms with Gasteiger partial charge in [-0.25, -0.2) is 9.97 Å². The first-order chi connectivity index (χ1) is 12.6. The molecule has 7 heteroatoms. The predicted molar refractivity (Wildman–Crippen MR) is 105 cm³/mol. The van der Waals surface area contributed by atoms with E-state index in [1.54, 1.807) is 13.3 Å². The molecule has 0 saturated carbocycles. The van der Waals surface area contributed by atoms with Crippen LogP contribution in [0.1, 0.15) is 16.8 Å². The van der Waals surface area contributed by atoms with Gasteiger partial charge in [-0.1, -0.05) is 0 Å². The Kier molecular flexibility index (Phi) is 4.00. The minimum Gasteiger partial charge on any atom is -0.497 e. The molecule has 0 unspecified atom stereocenters. The molecule has 0 aliphatic heterocycles. The predicted octanol–water partition coefficient (Wildman–Crippen LogP) is 3.51. The molecule has 0 aliphatic carbocycles. The lowest BCUT2D eigenvalue weighted by Gasteiger charge is -2.00. The molecule has 4 rings (SSSR count). The summed E-state index contributed by atoms with van der Waals surface area (Å²) < 4.78 is 6.95. The van der Waals surface area contributed by atoms with Crippen LogP contribution in [0.25, 0.3) is 20.4 Å². The van der Waals surface area contributed by atoms with Crippen LogP contribution in [-0.2, 0) is 0 Å². The van der Waals surface area contributed by atoms with Gasteiger partial charge in [-0.15, -0.1) is 11.3 Å². The van der Waals surface area contributed by atoms with Crippen LogP contribution in [0.5, 0.6) is 5.75 Å². The molecular formula is C19H16N4O2S. The fourth-order valence-corrected chi connectivity index (χ4v) is 4.04. The van der Waals surface area contributed by atoms with Crippen LogP contribution < -0.4 is 10.3 Å². The molecule has 0 spiro atoms. The first-order valence-corrected chi connectivity index (χ1v) is 8.85. The second-order valence-corrected chi connectivity index (χ2v) is 6.95. The monoisotopic (exact) mass is 364 g/mol. The number of fused-ring (bicyclic) bond motifs is 3. The van der Waals surface area contributed by atoms with E-state index in [9.17, 15) is 4.79 Å². The molecule has 0 amide bonds. The van der Waals surface area contributed by atoms with Gasteiger partial charge in [0.2, 0.25) is 0 Å². The number of thiophene rings is 1. The van der Waals surface area contributed by atoms with Crippen LogP contribution >= 0.6 is 11.3 Å². The number of ether oxygens (including phenoxy) is 1. The summed E-state index contributed by atoms with van der Waals surface area (Å²) in [4.78, 5) is 22.6. The third kappa shape index (κ3) is 2.76. The number of hydrogen-bond donors (Lipinski definition) is 0. The van der Waals surface area contributed by atoms with Gasteiger partial charge < -0.3 is 4.74 Å². The van der Waals surface area contributed by atoms with Gasteiger partial charge in [0.05, 0.1) is 18.8 Å². The summed E-state index contributed by atoms with van der Waals surface area (Å²) in [6, 6.07) is 9.43. The van der Waals surface area contributed by atoms with E-state index in [-0.39, 0.29) is 5.56 Å². The van der Waals surface area contributed by atoms with E-state index in [1.807, 2.05) is 44.2 Å². The number of rotatable bonds is 3. The smallest absolute Gasteiger partial charge is 0.291 e. The molecule has 0 fully saturated rings. The van der Waals surface area contributed by atoms with E-state index >= 15 is 0 Å². The lowest BCUT2D eigenvalue weighted by Crippen LogP contribution is -2.15. The van der Waals surface area contributed by atoms with Crippen molar-refractivity contribution in [1.29, 1.82) is 0 Å². The highest BCUT2D eigenvalue weighted by Gasteiger charge is 2.14. The number of methoxy groups -OCH3 is 1. The summed E-state index contributed by atoms with van der Waals surface area (Å²) >= 11 is 1.36. The maximum absolute atomic E-state index is 12.8. The highest BCUT2D eigenvalue weighted by molar-refractivity contribution is 7.25. The van der Waals surface area contributed by atoms with Crippen molar-refractivity contribution in [2.24, 2.45) is 5.10 Å². The molecule has 1 aromatic carbocycles. The molecule has 0 saturated heterocycles. The maximum Gasteiger partial charge on any atom is 0.291 e. The summed E-state index contributed by atoms with van der Waals surface area (Å²) in [6.07, 6.45) is 3.07. The first-order valence-electron chi connectivity index (χ1n) is 8.03. The second-order valence-electron chi connectivity index (χ2n) is 5.95. The standard InChI is InChI=1S/C19H16N4O2S/c1-11-8-12(2)22-18-15(11)16-17(26-18)19(24)23(10-20-16)21-9-13-4-6-14(25-3)7-5-13/h4-10H,1-3H3/b21-9-. The highest BCUT2D eigenvalue weighted by atomic mass is 32.1. The van der Waals surface area contributed by atoms with Crippen molar-refractivity contribution < 1.29 is 4.74 Å². The van der Waals surface area contributed by atoms with E-state index < -0.39 is 0 Å². The summed E-state index contributed by atoms with van der Waals surface area (Å²) in [6.45, 7) is 3.96. The fraction of sp³-hybridized carbons (Fsp3) is 0.158. The lowest BCUT2D eigenvalue weighted by atomic mass is 10.1. The molecule has 3 aromatic heterocycles. The van der Waals surface area contributed by atoms with E-state index in [0.717, 1.165) is 32.8 Å². The molecule has 0 aliphatic rings. The number of aromatic nitrogens is 3. The quantitative estimate of drug-likeness (QED) is 0.522. The van der Waals surface area contributed by atoms with Crippen molar-refractivity contribution >= 4 is 38.0 Å². The van der Waals surface area contributed by atoms with Crippen LogP contribution in [0.2, 0.25) is 0 Å². The van der Waals surface area contributed by atoms with Gasteiger partial charge >= 0.3 is 0 Å². The molecule has 130 valence electrons. The van der Waals surface area contributed by atoms with E-state index in [0.29, 0.717) is 10.2 Å². The van der Waals surface area contributed by atoms with Gasteiger partial charge in [-0.3, -0.25) is 4.79 Å². The Morgan fingerprint density at radius 1 is 1.23 bits per heavy atom. The van der Waals surface area contributed by atoms with Crippen LogP contribution in [0, 0.1) is 13.8 Å². The molecular weight excluding hydrogens is 348 g/mol. The number of nitrogens with zero attached hydrogens (tertiary/aromatic N) is 4. The molecule has 0 radical (unpaired) electrons. The summed E-state index contributed by atoms with van der Waals surface area (Å²) in [5, 5.41) is 5.20. The Morgan fingerprint density at radius 2 is 2.00 bits per heavy atom. The van der Waals surface area contributed by atoms with Gasteiger partial charge in [-0.2, -0.15) is 9.78 Å². The average Bonchev–Trinajstić information content (AvgIpc) is 3.01. The first kappa shape index (κ1) is 16.4. The molecule has 0 N–H and O–H groups in total. The molecule has 0 bridgehead atoms. The van der Waals surface area contributed by atoms with Crippen LogP contribution in [0.15, 0.2) is 46.6 Å². The molecule has 26 heavy (non-hydrogen) atoms. The lowest BCUT2D eigenvalue weighted by molar-refractivity contribution is 0.415. The third-order valence-corrected chi connectivity index (χ3v) is 5.17. The van der Waals surface area contributed by atoms with Crippen molar-refractivity contribution in [2.45, 2.75) is 13.8 Å². The van der Waals surface area contributed by atoms with Gasteiger partial charge in [0.15, 0.2) is 0 Å². The number of pyridine rings is 1. The maximum atomic E-state index is 12.8. The molecule has 4 aromatic rings. The summed E-state index contributed by atoms with van der Waals surface area (Å²) in [7, 11) is 1.62. The Morgan fingerprint density at radius 3 is 2.73 bits per heavy atom. The fourth-order valence-electron chi connectivity index (χ4n) is 2.86. The highest BCUT2D eigenvalue weighted by Crippen LogP contribution is 2.31. The average molecular weight is 364 g/mol. The van der Waals surface area contributed by atoms with Gasteiger partial charge in [-0.05, 0) is 55.3 Å². The van der Waals surface area contributed by atoms with E-state index in [2.05, 4.69) is 15.1 Å². The summed E-state index contributed by atoms with van der Waals surface area (Å²) in [5.74, 6) is 0.769. The normalized spacial score (nSPS) is 11.7. The minimum atomic E-state index is -0.195. The zero-order chi connectivity index (χ0) is 18.3. The van der Waals surface area contributed by atoms with Gasteiger partial charge in [0.1, 0.15) is 21.6 Å². The number of hydrogen-bond acceptors (Lipinski definition) is 6. The number of aryl methyl sites for hydroxylation is 2. The van der Waals surface area contributed by atoms with Crippen LogP contribution in [0.3, 0.4) is 0 Å². The van der Waals surface area contributed by atoms with Crippen molar-refractivity contribution in [1.82, 2.24) is 14.6 Å². The Bertz CT molecular complexity index is 1210. The molecule has 6 nitrogen and oxygen atoms in total. The summed E-state index contributed by atoms with van der Waals surface area (Å²) in [5.41, 5.74) is 3.36. The Labute approximate surface area is 153 Å². The zero-order valence-corrected chi connectivity index (χ0v) is 15.4. The van der Waals surface area contributed by atoms with Crippen molar-refractivity contribution in [3.8, 4) is 5.75 Å². The SMILES string of the molecule is COc1ccc(/C=N\n2cnc3c(sc4nc(C)cc(C)c43)c2=O)cc1. The molecule has 3 heterocycles. The Balaban J connectivity index is 1.80. The van der Waals surface area contributed by atoms with Crippen LogP contribution in [0.4, 0.5) is 0 Å². The van der Waals surface area contributed by atoms with Gasteiger partial charge in [0, 0.05) is 11.1 Å². The zero-order valence-electron chi connectivity index (χ0n) is 14.6. The van der Waals surface area contributed by atoms with Crippen LogP contribution in [-0.4, -0.2) is 28.0 Å². The van der Waals surface area contributed by atoms with E-state index in [4.69, 9.17) is 4.74 Å². The van der Waals surface area contributed by atoms with E-state index in [1.165, 1.54) is 22.3 Å². The third-order valence-electron chi connectivity index (χ3n) is 4.11. The minimum absolute atomic E-state index is 0.195. The van der Waals surface area contributed by atoms with Gasteiger partial charge in [0.25, 0.3) is 5.56 Å². The van der Waals surface area contributed by atoms with Crippen molar-refractivity contribution in [3.63, 3.8) is 0 Å².